The molecular formula is C32H50N2O3. The number of fused-ring (bicyclic) bond motifs is 6. The molecule has 0 unspecified atom stereocenters. The van der Waals surface area contributed by atoms with Crippen molar-refractivity contribution in [2.24, 2.45) is 39.9 Å². The molecule has 1 saturated heterocycles. The molecule has 0 spiro atoms. The number of aliphatic hydroxyl groups is 2. The number of nitrogens with zero attached hydrogens (tertiary/aromatic N) is 2. The SMILES string of the molecule is CC1(C)CCC[C@](C)([C@H]2CC[C@]3(C)[C@@H]2[C@H](O)C[C@@H]2[C@@]4(C)Cc5nccnc5C(C)(C)[C@@H]4[C@@H](O)C[C@]23C)O1. The van der Waals surface area contributed by atoms with Crippen LogP contribution in [0.4, 0.5) is 0 Å². The second-order valence-corrected chi connectivity index (χ2v) is 15.9. The fraction of sp³-hybridized carbons (Fsp3) is 0.875. The molecule has 5 nitrogen and oxygen atoms in total. The monoisotopic (exact) mass is 510 g/mol. The van der Waals surface area contributed by atoms with E-state index in [2.05, 4.69) is 55.4 Å². The van der Waals surface area contributed by atoms with Crippen LogP contribution in [0, 0.1) is 39.9 Å². The van der Waals surface area contributed by atoms with Crippen LogP contribution in [0.15, 0.2) is 12.4 Å². The Hall–Kier alpha value is -1.04. The Morgan fingerprint density at radius 1 is 0.865 bits per heavy atom. The van der Waals surface area contributed by atoms with E-state index in [0.717, 1.165) is 56.3 Å². The van der Waals surface area contributed by atoms with Gasteiger partial charge in [-0.05, 0) is 106 Å². The van der Waals surface area contributed by atoms with Crippen LogP contribution < -0.4 is 0 Å². The maximum atomic E-state index is 12.1. The molecule has 0 radical (unpaired) electrons. The number of hydrogen-bond acceptors (Lipinski definition) is 5. The maximum Gasteiger partial charge on any atom is 0.0693 e. The quantitative estimate of drug-likeness (QED) is 0.495. The van der Waals surface area contributed by atoms with Gasteiger partial charge in [-0.25, -0.2) is 0 Å². The number of aromatic nitrogens is 2. The molecule has 0 amide bonds. The first-order chi connectivity index (χ1) is 17.1. The summed E-state index contributed by atoms with van der Waals surface area (Å²) in [5.41, 5.74) is 1.29. The molecule has 0 bridgehead atoms. The van der Waals surface area contributed by atoms with Crippen LogP contribution in [0.5, 0.6) is 0 Å². The summed E-state index contributed by atoms with van der Waals surface area (Å²) in [4.78, 5) is 9.59. The highest BCUT2D eigenvalue weighted by Gasteiger charge is 2.73. The summed E-state index contributed by atoms with van der Waals surface area (Å²) in [5.74, 6) is 0.951. The van der Waals surface area contributed by atoms with E-state index in [0.29, 0.717) is 11.8 Å². The van der Waals surface area contributed by atoms with Crippen LogP contribution in [0.1, 0.15) is 112 Å². The van der Waals surface area contributed by atoms with Gasteiger partial charge in [0.2, 0.25) is 0 Å². The Kier molecular flexibility index (Phi) is 5.51. The van der Waals surface area contributed by atoms with Crippen LogP contribution in [0.25, 0.3) is 0 Å². The summed E-state index contributed by atoms with van der Waals surface area (Å²) in [7, 11) is 0. The second kappa shape index (κ2) is 7.79. The Bertz CT molecular complexity index is 1090. The molecule has 2 N–H and O–H groups in total. The molecule has 5 heteroatoms. The van der Waals surface area contributed by atoms with Crippen LogP contribution in [0.2, 0.25) is 0 Å². The zero-order chi connectivity index (χ0) is 26.8. The first-order valence-electron chi connectivity index (χ1n) is 15.0. The lowest BCUT2D eigenvalue weighted by Gasteiger charge is -2.70. The van der Waals surface area contributed by atoms with Crippen molar-refractivity contribution in [3.8, 4) is 0 Å². The zero-order valence-corrected chi connectivity index (χ0v) is 24.5. The normalized spacial score (nSPS) is 51.9. The van der Waals surface area contributed by atoms with Crippen molar-refractivity contribution in [3.05, 3.63) is 23.8 Å². The van der Waals surface area contributed by atoms with Gasteiger partial charge in [-0.3, -0.25) is 9.97 Å². The summed E-state index contributed by atoms with van der Waals surface area (Å²) in [6, 6.07) is 0. The van der Waals surface area contributed by atoms with Gasteiger partial charge in [-0.15, -0.1) is 0 Å². The molecule has 4 fully saturated rings. The topological polar surface area (TPSA) is 75.5 Å². The third-order valence-electron chi connectivity index (χ3n) is 13.1. The fourth-order valence-corrected chi connectivity index (χ4v) is 11.9. The van der Waals surface area contributed by atoms with Gasteiger partial charge in [-0.2, -0.15) is 0 Å². The fourth-order valence-electron chi connectivity index (χ4n) is 11.9. The Labute approximate surface area is 224 Å². The van der Waals surface area contributed by atoms with Gasteiger partial charge < -0.3 is 14.9 Å². The van der Waals surface area contributed by atoms with Crippen LogP contribution in [-0.4, -0.2) is 43.6 Å². The van der Waals surface area contributed by atoms with Crippen molar-refractivity contribution in [1.29, 1.82) is 0 Å². The summed E-state index contributed by atoms with van der Waals surface area (Å²) in [5, 5.41) is 24.1. The van der Waals surface area contributed by atoms with Gasteiger partial charge in [0.25, 0.3) is 0 Å². The minimum atomic E-state index is -0.399. The van der Waals surface area contributed by atoms with Crippen molar-refractivity contribution < 1.29 is 14.9 Å². The largest absolute Gasteiger partial charge is 0.393 e. The Morgan fingerprint density at radius 2 is 1.57 bits per heavy atom. The van der Waals surface area contributed by atoms with Crippen LogP contribution in [-0.2, 0) is 16.6 Å². The molecule has 1 aliphatic heterocycles. The average Bonchev–Trinajstić information content (AvgIpc) is 3.15. The first kappa shape index (κ1) is 26.2. The highest BCUT2D eigenvalue weighted by atomic mass is 16.5. The van der Waals surface area contributed by atoms with Gasteiger partial charge in [0.05, 0.1) is 34.8 Å². The van der Waals surface area contributed by atoms with E-state index in [1.807, 2.05) is 6.20 Å². The number of rotatable bonds is 1. The van der Waals surface area contributed by atoms with Gasteiger partial charge >= 0.3 is 0 Å². The predicted octanol–water partition coefficient (Wildman–Crippen LogP) is 5.85. The molecule has 206 valence electrons. The summed E-state index contributed by atoms with van der Waals surface area (Å²) in [6.07, 6.45) is 10.9. The van der Waals surface area contributed by atoms with Crippen molar-refractivity contribution in [2.75, 3.05) is 0 Å². The van der Waals surface area contributed by atoms with E-state index in [-0.39, 0.29) is 50.8 Å². The van der Waals surface area contributed by atoms with Crippen LogP contribution >= 0.6 is 0 Å². The van der Waals surface area contributed by atoms with Gasteiger partial charge in [0, 0.05) is 23.7 Å². The molecule has 1 aromatic heterocycles. The molecule has 6 rings (SSSR count). The van der Waals surface area contributed by atoms with E-state index in [1.54, 1.807) is 6.20 Å². The van der Waals surface area contributed by atoms with E-state index < -0.39 is 6.10 Å². The second-order valence-electron chi connectivity index (χ2n) is 15.9. The third kappa shape index (κ3) is 3.32. The highest BCUT2D eigenvalue weighted by Crippen LogP contribution is 2.75. The van der Waals surface area contributed by atoms with E-state index in [9.17, 15) is 10.2 Å². The lowest BCUT2D eigenvalue weighted by Crippen LogP contribution is -2.69. The van der Waals surface area contributed by atoms with Crippen LogP contribution in [0.3, 0.4) is 0 Å². The molecule has 1 aromatic rings. The molecule has 10 atom stereocenters. The molecule has 37 heavy (non-hydrogen) atoms. The smallest absolute Gasteiger partial charge is 0.0693 e. The summed E-state index contributed by atoms with van der Waals surface area (Å²) < 4.78 is 6.87. The zero-order valence-electron chi connectivity index (χ0n) is 24.5. The maximum absolute atomic E-state index is 12.1. The van der Waals surface area contributed by atoms with Crippen molar-refractivity contribution in [2.45, 2.75) is 136 Å². The molecule has 2 heterocycles. The average molecular weight is 511 g/mol. The van der Waals surface area contributed by atoms with Gasteiger partial charge in [0.1, 0.15) is 0 Å². The lowest BCUT2D eigenvalue weighted by molar-refractivity contribution is -0.259. The van der Waals surface area contributed by atoms with E-state index >= 15 is 0 Å². The molecule has 4 aliphatic carbocycles. The number of ether oxygens (including phenoxy) is 1. The minimum Gasteiger partial charge on any atom is -0.393 e. The molecule has 5 aliphatic rings. The highest BCUT2D eigenvalue weighted by molar-refractivity contribution is 5.33. The molecular weight excluding hydrogens is 460 g/mol. The Balaban J connectivity index is 1.43. The standard InChI is InChI=1S/C32H50N2O3/c1-27(2)11-9-12-32(8,37-27)19-10-13-30(6)24(19)21(35)16-23-29(5)17-20-26(34-15-14-33-20)28(3,4)25(29)22(36)18-31(23,30)7/h14-15,19,21-25,35-36H,9-13,16-18H2,1-8H3/t19-,21+,22-,23+,24-,25-,29+,30+,31+,32+/m0/s1. The van der Waals surface area contributed by atoms with E-state index in [4.69, 9.17) is 14.7 Å². The predicted molar refractivity (Wildman–Crippen MR) is 145 cm³/mol. The van der Waals surface area contributed by atoms with Crippen molar-refractivity contribution in [3.63, 3.8) is 0 Å². The summed E-state index contributed by atoms with van der Waals surface area (Å²) in [6.45, 7) is 18.6. The number of aliphatic hydroxyl groups excluding tert-OH is 2. The Morgan fingerprint density at radius 3 is 2.27 bits per heavy atom. The van der Waals surface area contributed by atoms with Crippen molar-refractivity contribution in [1.82, 2.24) is 9.97 Å². The third-order valence-corrected chi connectivity index (χ3v) is 13.1. The molecule has 3 saturated carbocycles. The van der Waals surface area contributed by atoms with E-state index in [1.165, 1.54) is 6.42 Å². The van der Waals surface area contributed by atoms with Gasteiger partial charge in [-0.1, -0.05) is 34.6 Å². The lowest BCUT2D eigenvalue weighted by atomic mass is 9.35. The minimum absolute atomic E-state index is 0.0459. The summed E-state index contributed by atoms with van der Waals surface area (Å²) >= 11 is 0. The number of hydrogen-bond donors (Lipinski definition) is 2. The molecule has 0 aromatic carbocycles. The first-order valence-corrected chi connectivity index (χ1v) is 15.0. The van der Waals surface area contributed by atoms with Crippen molar-refractivity contribution >= 4 is 0 Å². The van der Waals surface area contributed by atoms with Gasteiger partial charge in [0.15, 0.2) is 0 Å².